The Hall–Kier alpha value is -1.20. The minimum absolute atomic E-state index is 0. The molecule has 4 nitrogen and oxygen atoms in total. The Kier molecular flexibility index (Phi) is 8.59. The summed E-state index contributed by atoms with van der Waals surface area (Å²) in [7, 11) is 0. The molecule has 6 heteroatoms. The summed E-state index contributed by atoms with van der Waals surface area (Å²) in [5.41, 5.74) is 4.64. The Bertz CT molecular complexity index is 1370. The predicted octanol–water partition coefficient (Wildman–Crippen LogP) is 9.64. The van der Waals surface area contributed by atoms with E-state index in [0.717, 1.165) is 55.2 Å². The van der Waals surface area contributed by atoms with Crippen molar-refractivity contribution in [1.82, 2.24) is 0 Å². The molecule has 7 aliphatic rings. The Balaban J connectivity index is 0.000000260. The van der Waals surface area contributed by atoms with Crippen molar-refractivity contribution in [2.45, 2.75) is 105 Å². The standard InChI is InChI=1S/C24H32N2OS.C12H17N.Ir/c1-14-8-9-17-16-6-5-7-18(22(16)27-23(17)26-14)20-10-21-19(12-25-20)15(13-28-21)11-24(2,3)4;1-10-7-8-12(13-9-10)11-5-3-2-4-6-11;/h7-9,15-17,20,23H,5-6,10-13H2,1-4H3;8,10H,2-5,7,9H2,1H3;/q2*-2;/t15-,16?,17?,20-,23?;10-;/m10./s1/i1D3,11D2;;. The summed E-state index contributed by atoms with van der Waals surface area (Å²) >= 11 is 1.80. The van der Waals surface area contributed by atoms with Crippen LogP contribution in [0.3, 0.4) is 0 Å². The molecule has 0 bridgehead atoms. The van der Waals surface area contributed by atoms with Gasteiger partial charge in [0.1, 0.15) is 0 Å². The maximum absolute atomic E-state index is 8.78. The average molecular weight is 769 g/mol. The molecule has 1 fully saturated rings. The number of allylic oxidation sites excluding steroid dienone is 5. The van der Waals surface area contributed by atoms with Crippen molar-refractivity contribution in [2.75, 3.05) is 18.8 Å². The third-order valence-corrected chi connectivity index (χ3v) is 10.3. The van der Waals surface area contributed by atoms with Gasteiger partial charge in [-0.05, 0) is 53.6 Å². The van der Waals surface area contributed by atoms with Crippen LogP contribution in [0.5, 0.6) is 0 Å². The van der Waals surface area contributed by atoms with Gasteiger partial charge in [0, 0.05) is 44.3 Å². The van der Waals surface area contributed by atoms with Gasteiger partial charge in [-0.1, -0.05) is 77.4 Å². The number of ether oxygens (including phenoxy) is 1. The van der Waals surface area contributed by atoms with Gasteiger partial charge < -0.3 is 21.1 Å². The summed E-state index contributed by atoms with van der Waals surface area (Å²) in [6.07, 6.45) is 18.8. The van der Waals surface area contributed by atoms with Crippen LogP contribution in [0.25, 0.3) is 10.6 Å². The monoisotopic (exact) mass is 769 g/mol. The molecule has 0 aromatic rings. The Labute approximate surface area is 280 Å². The quantitative estimate of drug-likeness (QED) is 0.269. The summed E-state index contributed by atoms with van der Waals surface area (Å²) in [4.78, 5) is 5.74. The molecule has 0 spiro atoms. The third-order valence-electron chi connectivity index (χ3n) is 9.07. The third kappa shape index (κ3) is 7.36. The van der Waals surface area contributed by atoms with Gasteiger partial charge >= 0.3 is 0 Å². The van der Waals surface area contributed by atoms with E-state index in [4.69, 9.17) is 16.9 Å². The molecule has 0 saturated carbocycles. The van der Waals surface area contributed by atoms with Crippen LogP contribution in [0.15, 0.2) is 56.3 Å². The number of dihydropyridines is 1. The van der Waals surface area contributed by atoms with E-state index in [1.54, 1.807) is 17.8 Å². The predicted molar refractivity (Wildman–Crippen MR) is 174 cm³/mol. The molecule has 1 saturated heterocycles. The zero-order valence-corrected chi connectivity index (χ0v) is 28.8. The molecule has 7 rings (SSSR count). The molecule has 6 atom stereocenters. The van der Waals surface area contributed by atoms with E-state index < -0.39 is 24.9 Å². The summed E-state index contributed by atoms with van der Waals surface area (Å²) in [5.74, 6) is 2.68. The molecule has 233 valence electrons. The van der Waals surface area contributed by atoms with Crippen molar-refractivity contribution in [3.63, 3.8) is 0 Å². The van der Waals surface area contributed by atoms with Crippen molar-refractivity contribution in [3.05, 3.63) is 74.4 Å². The van der Waals surface area contributed by atoms with Crippen LogP contribution in [0, 0.1) is 41.6 Å². The summed E-state index contributed by atoms with van der Waals surface area (Å²) in [6.45, 7) is 7.57. The van der Waals surface area contributed by atoms with Crippen LogP contribution in [0.1, 0.15) is 99.1 Å². The maximum Gasteiger partial charge on any atom is 0.175 e. The fraction of sp³-hybridized carbons (Fsp3) is 0.667. The van der Waals surface area contributed by atoms with Crippen molar-refractivity contribution in [2.24, 2.45) is 34.1 Å². The molecule has 0 aromatic heterocycles. The fourth-order valence-corrected chi connectivity index (χ4v) is 8.30. The van der Waals surface area contributed by atoms with E-state index in [2.05, 4.69) is 35.8 Å². The zero-order valence-electron chi connectivity index (χ0n) is 30.5. The normalized spacial score (nSPS) is 36.1. The van der Waals surface area contributed by atoms with Gasteiger partial charge in [-0.3, -0.25) is 6.08 Å². The van der Waals surface area contributed by atoms with E-state index in [1.807, 2.05) is 26.8 Å². The van der Waals surface area contributed by atoms with Crippen LogP contribution < -0.4 is 0 Å². The minimum atomic E-state index is -2.22. The van der Waals surface area contributed by atoms with Crippen LogP contribution in [0.4, 0.5) is 0 Å². The molecular weight excluding hydrogens is 715 g/mol. The van der Waals surface area contributed by atoms with Crippen LogP contribution in [-0.4, -0.2) is 36.8 Å². The van der Waals surface area contributed by atoms with Gasteiger partial charge in [0.15, 0.2) is 6.23 Å². The second-order valence-electron chi connectivity index (χ2n) is 13.6. The Morgan fingerprint density at radius 3 is 2.93 bits per heavy atom. The van der Waals surface area contributed by atoms with Gasteiger partial charge in [0.25, 0.3) is 0 Å². The summed E-state index contributed by atoms with van der Waals surface area (Å²) < 4.78 is 46.9. The molecule has 0 aromatic carbocycles. The van der Waals surface area contributed by atoms with Crippen LogP contribution in [0.2, 0.25) is 0 Å². The first-order valence-electron chi connectivity index (χ1n) is 18.2. The van der Waals surface area contributed by atoms with E-state index in [1.165, 1.54) is 47.4 Å². The molecule has 42 heavy (non-hydrogen) atoms. The van der Waals surface area contributed by atoms with Crippen molar-refractivity contribution < 1.29 is 31.7 Å². The smallest absolute Gasteiger partial charge is 0.175 e. The fourth-order valence-electron chi connectivity index (χ4n) is 6.98. The van der Waals surface area contributed by atoms with Gasteiger partial charge in [0.2, 0.25) is 0 Å². The molecule has 2 aliphatic carbocycles. The molecule has 0 amide bonds. The molecule has 3 unspecified atom stereocenters. The Morgan fingerprint density at radius 1 is 1.31 bits per heavy atom. The minimum Gasteiger partial charge on any atom is -0.769 e. The van der Waals surface area contributed by atoms with Crippen LogP contribution in [-0.2, 0) is 24.8 Å². The van der Waals surface area contributed by atoms with Gasteiger partial charge in [-0.2, -0.15) is 11.6 Å². The number of fused-ring (bicyclic) bond motifs is 3. The van der Waals surface area contributed by atoms with Gasteiger partial charge in [-0.25, -0.2) is 17.0 Å². The first kappa shape index (κ1) is 26.1. The summed E-state index contributed by atoms with van der Waals surface area (Å²) in [6, 6.07) is 0.0171. The molecule has 5 aliphatic heterocycles. The maximum atomic E-state index is 8.78. The molecule has 1 radical (unpaired) electrons. The molecule has 0 N–H and O–H groups in total. The molecular formula is C36H49IrN3OS-4. The largest absolute Gasteiger partial charge is 0.769 e. The number of hydrogen-bond acceptors (Lipinski definition) is 3. The number of aliphatic imine (C=N–C) groups is 1. The van der Waals surface area contributed by atoms with Crippen molar-refractivity contribution in [3.8, 4) is 0 Å². The second kappa shape index (κ2) is 13.8. The Morgan fingerprint density at radius 2 is 2.19 bits per heavy atom. The van der Waals surface area contributed by atoms with E-state index in [-0.39, 0.29) is 49.6 Å². The van der Waals surface area contributed by atoms with Crippen molar-refractivity contribution >= 4 is 17.5 Å². The topological polar surface area (TPSA) is 49.8 Å². The van der Waals surface area contributed by atoms with E-state index in [0.29, 0.717) is 6.54 Å². The second-order valence-corrected chi connectivity index (χ2v) is 14.7. The van der Waals surface area contributed by atoms with Crippen molar-refractivity contribution in [1.29, 1.82) is 0 Å². The SMILES string of the molecule is C[C@H]1CC=C(C2=[C-]CCCC2)[N-]C1.[2H]C([2H])([2H])C1=NC2OC3=C([C@H]4CC5=C(C[N-]4)[C@H](C([2H])([2H])C(C)(C)C)CS5)[CH-]CCC3C2C=C1.[Ir]. The first-order chi connectivity index (χ1) is 21.7. The van der Waals surface area contributed by atoms with Crippen LogP contribution >= 0.6 is 11.8 Å². The number of hydrogen-bond donors (Lipinski definition) is 0. The first-order valence-corrected chi connectivity index (χ1v) is 16.7. The van der Waals surface area contributed by atoms with E-state index >= 15 is 0 Å². The van der Waals surface area contributed by atoms with Gasteiger partial charge in [-0.15, -0.1) is 43.7 Å². The average Bonchev–Trinajstić information content (AvgIpc) is 3.62. The number of thioether (sulfide) groups is 1. The number of nitrogens with zero attached hydrogens (tertiary/aromatic N) is 3. The number of rotatable bonds is 3. The summed E-state index contributed by atoms with van der Waals surface area (Å²) in [5, 5.41) is 9.62. The molecule has 5 heterocycles. The van der Waals surface area contributed by atoms with E-state index in [9.17, 15) is 0 Å². The zero-order chi connectivity index (χ0) is 32.9. The van der Waals surface area contributed by atoms with Gasteiger partial charge in [0.05, 0.1) is 0 Å².